The highest BCUT2D eigenvalue weighted by Crippen LogP contribution is 2.47. The first-order valence-corrected chi connectivity index (χ1v) is 32.7. The Labute approximate surface area is 537 Å². The lowest BCUT2D eigenvalue weighted by molar-refractivity contribution is 0.426. The molecule has 0 saturated heterocycles. The molecule has 0 bridgehead atoms. The first-order valence-electron chi connectivity index (χ1n) is 30.3. The predicted molar refractivity (Wildman–Crippen MR) is 395 cm³/mol. The molecule has 18 aromatic rings. The molecule has 0 fully saturated rings. The van der Waals surface area contributed by atoms with E-state index >= 15 is 0 Å². The third kappa shape index (κ3) is 9.91. The summed E-state index contributed by atoms with van der Waals surface area (Å²) in [6.07, 6.45) is 0. The van der Waals surface area contributed by atoms with Crippen LogP contribution in [0.15, 0.2) is 320 Å². The predicted octanol–water partition coefficient (Wildman–Crippen LogP) is 23.5. The van der Waals surface area contributed by atoms with E-state index in [1.54, 1.807) is 0 Å². The molecule has 0 aliphatic carbocycles. The van der Waals surface area contributed by atoms with Crippen molar-refractivity contribution in [1.82, 2.24) is 0 Å². The van der Waals surface area contributed by atoms with E-state index in [0.717, 1.165) is 37.1 Å². The molecular weight excluding hydrogens is 1200 g/mol. The normalized spacial score (nSPS) is 11.5. The molecule has 0 saturated carbocycles. The molecule has 90 heavy (non-hydrogen) atoms. The Kier molecular flexibility index (Phi) is 14.4. The SMILES string of the molecule is Brc1ccc(-c2cccc3c2sc2ccccc23)cc1.OB(O)c1c2ccccc2c(-c2ccc3ccccc3c2)c2ccccc12.c1ccc2cc(-c3c4ccccc4c(-c4ccc(-c5cccc6c5sc5ccccc56)cc4)c4ccccc34)ccc2c1. The zero-order valence-corrected chi connectivity index (χ0v) is 51.9. The summed E-state index contributed by atoms with van der Waals surface area (Å²) in [6, 6.07) is 112. The Bertz CT molecular complexity index is 5680. The van der Waals surface area contributed by atoms with Crippen LogP contribution in [-0.4, -0.2) is 17.2 Å². The maximum absolute atomic E-state index is 10.1. The molecule has 0 atom stereocenters. The van der Waals surface area contributed by atoms with Gasteiger partial charge in [0.2, 0.25) is 0 Å². The third-order valence-corrected chi connectivity index (χ3v) is 20.7. The van der Waals surface area contributed by atoms with E-state index in [0.29, 0.717) is 5.46 Å². The molecule has 0 radical (unpaired) electrons. The van der Waals surface area contributed by atoms with E-state index in [2.05, 4.69) is 283 Å². The van der Waals surface area contributed by atoms with Crippen molar-refractivity contribution in [3.05, 3.63) is 320 Å². The lowest BCUT2D eigenvalue weighted by Gasteiger charge is -2.18. The van der Waals surface area contributed by atoms with Gasteiger partial charge in [0.1, 0.15) is 0 Å². The zero-order chi connectivity index (χ0) is 60.2. The van der Waals surface area contributed by atoms with Gasteiger partial charge >= 0.3 is 7.12 Å². The van der Waals surface area contributed by atoms with Crippen LogP contribution in [0.2, 0.25) is 0 Å². The Morgan fingerprint density at radius 2 is 0.544 bits per heavy atom. The Hall–Kier alpha value is -10.0. The minimum absolute atomic E-state index is 0.561. The molecule has 2 heterocycles. The number of hydrogen-bond acceptors (Lipinski definition) is 4. The van der Waals surface area contributed by atoms with Gasteiger partial charge < -0.3 is 10.0 Å². The fourth-order valence-electron chi connectivity index (χ4n) is 13.6. The average molecular weight is 1250 g/mol. The van der Waals surface area contributed by atoms with Crippen molar-refractivity contribution in [1.29, 1.82) is 0 Å². The molecule has 2 N–H and O–H groups in total. The molecule has 0 unspecified atom stereocenters. The average Bonchev–Trinajstić information content (AvgIpc) is 1.13. The first kappa shape index (κ1) is 55.3. The summed E-state index contributed by atoms with van der Waals surface area (Å²) < 4.78 is 6.53. The van der Waals surface area contributed by atoms with Crippen molar-refractivity contribution >= 4 is 156 Å². The minimum atomic E-state index is -1.52. The van der Waals surface area contributed by atoms with Crippen molar-refractivity contribution < 1.29 is 10.0 Å². The number of fused-ring (bicyclic) bond motifs is 12. The topological polar surface area (TPSA) is 40.5 Å². The van der Waals surface area contributed by atoms with Crippen LogP contribution < -0.4 is 5.46 Å². The molecule has 6 heteroatoms. The third-order valence-electron chi connectivity index (χ3n) is 17.7. The number of benzene rings is 16. The number of hydrogen-bond donors (Lipinski definition) is 2. The highest BCUT2D eigenvalue weighted by Gasteiger charge is 2.23. The standard InChI is InChI=1S/C42H26S.C24H17BO2.C18H11BrS/c1-2-11-30-26-31(25-20-27(30)10-1)41-36-15-5-3-13-34(36)40(35-14-4-6-16-37(35)41)29-23-21-28(22-24-29)32-17-9-18-38-33-12-7-8-19-39(33)43-42(32)38;26-25(27)24-21-11-5-3-9-19(21)23(20-10-4-6-12-22(20)24)18-14-13-16-7-1-2-8-17(16)15-18;19-13-10-8-12(9-11-13)14-5-3-6-16-15-4-1-2-7-17(15)20-18(14)16/h1-26H;1-15,26-27H;1-11H. The van der Waals surface area contributed by atoms with Crippen LogP contribution in [0, 0.1) is 0 Å². The van der Waals surface area contributed by atoms with Crippen molar-refractivity contribution in [2.75, 3.05) is 0 Å². The maximum Gasteiger partial charge on any atom is 0.489 e. The van der Waals surface area contributed by atoms with E-state index < -0.39 is 7.12 Å². The minimum Gasteiger partial charge on any atom is -0.423 e. The molecular formula is C84H54BBrO2S2. The van der Waals surface area contributed by atoms with Gasteiger partial charge in [-0.25, -0.2) is 0 Å². The molecule has 424 valence electrons. The smallest absolute Gasteiger partial charge is 0.423 e. The van der Waals surface area contributed by atoms with Crippen LogP contribution in [0.1, 0.15) is 0 Å². The molecule has 0 aliphatic rings. The molecule has 18 rings (SSSR count). The fraction of sp³-hybridized carbons (Fsp3) is 0. The summed E-state index contributed by atoms with van der Waals surface area (Å²) in [5.74, 6) is 0. The van der Waals surface area contributed by atoms with Crippen LogP contribution in [-0.2, 0) is 0 Å². The summed E-state index contributed by atoms with van der Waals surface area (Å²) in [5, 5.41) is 39.4. The summed E-state index contributed by atoms with van der Waals surface area (Å²) in [7, 11) is -1.52. The second kappa shape index (κ2) is 23.5. The molecule has 0 amide bonds. The van der Waals surface area contributed by atoms with Crippen molar-refractivity contribution in [2.45, 2.75) is 0 Å². The summed E-state index contributed by atoms with van der Waals surface area (Å²) in [5.41, 5.74) is 13.0. The monoisotopic (exact) mass is 1250 g/mol. The van der Waals surface area contributed by atoms with Gasteiger partial charge in [0, 0.05) is 44.8 Å². The second-order valence-corrected chi connectivity index (χ2v) is 25.9. The number of halogens is 1. The van der Waals surface area contributed by atoms with Crippen molar-refractivity contribution in [2.24, 2.45) is 0 Å². The van der Waals surface area contributed by atoms with E-state index in [1.165, 1.54) is 128 Å². The summed E-state index contributed by atoms with van der Waals surface area (Å²) >= 11 is 7.26. The van der Waals surface area contributed by atoms with E-state index in [9.17, 15) is 10.0 Å². The largest absolute Gasteiger partial charge is 0.489 e. The molecule has 16 aromatic carbocycles. The molecule has 0 aliphatic heterocycles. The van der Waals surface area contributed by atoms with Crippen LogP contribution in [0.3, 0.4) is 0 Å². The second-order valence-electron chi connectivity index (χ2n) is 22.9. The maximum atomic E-state index is 10.1. The Balaban J connectivity index is 0.000000118. The van der Waals surface area contributed by atoms with Gasteiger partial charge in [0.05, 0.1) is 0 Å². The van der Waals surface area contributed by atoms with Gasteiger partial charge in [-0.2, -0.15) is 0 Å². The quantitative estimate of drug-likeness (QED) is 0.129. The van der Waals surface area contributed by atoms with Gasteiger partial charge in [-0.1, -0.05) is 295 Å². The Morgan fingerprint density at radius 1 is 0.244 bits per heavy atom. The highest BCUT2D eigenvalue weighted by atomic mass is 79.9. The van der Waals surface area contributed by atoms with E-state index in [1.807, 2.05) is 71.2 Å². The van der Waals surface area contributed by atoms with Crippen LogP contribution in [0.4, 0.5) is 0 Å². The number of thiophene rings is 2. The van der Waals surface area contributed by atoms with Gasteiger partial charge in [-0.05, 0) is 162 Å². The highest BCUT2D eigenvalue weighted by molar-refractivity contribution is 9.10. The molecule has 2 aromatic heterocycles. The fourth-order valence-corrected chi connectivity index (χ4v) is 16.3. The lowest BCUT2D eigenvalue weighted by atomic mass is 9.72. The van der Waals surface area contributed by atoms with Crippen LogP contribution in [0.25, 0.3) is 161 Å². The van der Waals surface area contributed by atoms with Gasteiger partial charge in [-0.3, -0.25) is 0 Å². The van der Waals surface area contributed by atoms with Crippen molar-refractivity contribution in [3.63, 3.8) is 0 Å². The van der Waals surface area contributed by atoms with Gasteiger partial charge in [0.15, 0.2) is 0 Å². The summed E-state index contributed by atoms with van der Waals surface area (Å²) in [4.78, 5) is 0. The zero-order valence-electron chi connectivity index (χ0n) is 48.7. The van der Waals surface area contributed by atoms with Gasteiger partial charge in [0.25, 0.3) is 0 Å². The van der Waals surface area contributed by atoms with Gasteiger partial charge in [-0.15, -0.1) is 22.7 Å². The summed E-state index contributed by atoms with van der Waals surface area (Å²) in [6.45, 7) is 0. The van der Waals surface area contributed by atoms with Crippen LogP contribution in [0.5, 0.6) is 0 Å². The lowest BCUT2D eigenvalue weighted by Crippen LogP contribution is -2.31. The molecule has 0 spiro atoms. The number of rotatable bonds is 6. The first-order chi connectivity index (χ1) is 44.4. The van der Waals surface area contributed by atoms with Crippen molar-refractivity contribution in [3.8, 4) is 55.6 Å². The molecule has 2 nitrogen and oxygen atoms in total. The van der Waals surface area contributed by atoms with E-state index in [-0.39, 0.29) is 0 Å². The Morgan fingerprint density at radius 3 is 0.956 bits per heavy atom. The van der Waals surface area contributed by atoms with Crippen LogP contribution >= 0.6 is 38.6 Å². The van der Waals surface area contributed by atoms with E-state index in [4.69, 9.17) is 0 Å².